The van der Waals surface area contributed by atoms with Gasteiger partial charge in [0.2, 0.25) is 11.9 Å². The molecular weight excluding hydrogens is 447 g/mol. The van der Waals surface area contributed by atoms with E-state index < -0.39 is 0 Å². The Balaban J connectivity index is 1.25. The Kier molecular flexibility index (Phi) is 7.28. The summed E-state index contributed by atoms with van der Waals surface area (Å²) in [4.78, 5) is 25.5. The zero-order valence-corrected chi connectivity index (χ0v) is 19.4. The third kappa shape index (κ3) is 5.57. The van der Waals surface area contributed by atoms with Crippen LogP contribution in [0.4, 0.5) is 5.95 Å². The molecule has 0 saturated carbocycles. The van der Waals surface area contributed by atoms with Gasteiger partial charge < -0.3 is 16.0 Å². The molecule has 2 fully saturated rings. The van der Waals surface area contributed by atoms with Crippen molar-refractivity contribution in [2.75, 3.05) is 31.9 Å². The first-order chi connectivity index (χ1) is 15.4. The predicted octanol–water partition coefficient (Wildman–Crippen LogP) is 3.88. The van der Waals surface area contributed by atoms with E-state index in [-0.39, 0.29) is 23.7 Å². The number of hydrogen-bond donors (Lipinski definition) is 2. The van der Waals surface area contributed by atoms with Crippen LogP contribution in [0.1, 0.15) is 36.8 Å². The number of likely N-dealkylation sites (tertiary alicyclic amines) is 2. The highest BCUT2D eigenvalue weighted by molar-refractivity contribution is 6.35. The molecule has 2 aliphatic heterocycles. The van der Waals surface area contributed by atoms with Crippen LogP contribution in [0, 0.1) is 17.2 Å². The number of amides is 1. The van der Waals surface area contributed by atoms with E-state index >= 15 is 0 Å². The van der Waals surface area contributed by atoms with Crippen LogP contribution >= 0.6 is 23.2 Å². The van der Waals surface area contributed by atoms with E-state index in [9.17, 15) is 4.79 Å². The Morgan fingerprint density at radius 1 is 0.969 bits per heavy atom. The molecule has 170 valence electrons. The van der Waals surface area contributed by atoms with E-state index in [0.717, 1.165) is 56.4 Å². The lowest BCUT2D eigenvalue weighted by Crippen LogP contribution is -2.46. The van der Waals surface area contributed by atoms with Crippen LogP contribution in [0.5, 0.6) is 0 Å². The van der Waals surface area contributed by atoms with E-state index in [1.807, 2.05) is 4.90 Å². The van der Waals surface area contributed by atoms with Gasteiger partial charge in [0.15, 0.2) is 0 Å². The quantitative estimate of drug-likeness (QED) is 0.640. The molecule has 1 amide bonds. The minimum Gasteiger partial charge on any atom is -0.368 e. The van der Waals surface area contributed by atoms with Crippen LogP contribution in [-0.2, 0) is 11.3 Å². The van der Waals surface area contributed by atoms with Crippen molar-refractivity contribution in [1.82, 2.24) is 19.8 Å². The second kappa shape index (κ2) is 10.1. The highest BCUT2D eigenvalue weighted by Gasteiger charge is 2.32. The first kappa shape index (κ1) is 23.0. The van der Waals surface area contributed by atoms with Crippen molar-refractivity contribution in [1.29, 1.82) is 5.41 Å². The molecule has 2 aromatic rings. The molecule has 0 bridgehead atoms. The third-order valence-electron chi connectivity index (χ3n) is 6.46. The van der Waals surface area contributed by atoms with Gasteiger partial charge in [-0.1, -0.05) is 23.2 Å². The van der Waals surface area contributed by atoms with Gasteiger partial charge in [0.1, 0.15) is 0 Å². The molecule has 0 atom stereocenters. The lowest BCUT2D eigenvalue weighted by molar-refractivity contribution is -0.138. The number of nitrogens with two attached hydrogens (primary N) is 1. The number of carbonyl (C=O) groups is 1. The van der Waals surface area contributed by atoms with Crippen molar-refractivity contribution in [3.8, 4) is 0 Å². The lowest BCUT2D eigenvalue weighted by Gasteiger charge is -2.37. The second-order valence-corrected chi connectivity index (χ2v) is 9.54. The van der Waals surface area contributed by atoms with Crippen LogP contribution in [0.15, 0.2) is 30.6 Å². The first-order valence-corrected chi connectivity index (χ1v) is 11.8. The maximum Gasteiger partial charge on any atom is 0.225 e. The average Bonchev–Trinajstić information content (AvgIpc) is 2.79. The van der Waals surface area contributed by atoms with Crippen LogP contribution in [-0.4, -0.2) is 57.6 Å². The average molecular weight is 475 g/mol. The molecule has 32 heavy (non-hydrogen) atoms. The maximum atomic E-state index is 13.1. The lowest BCUT2D eigenvalue weighted by atomic mass is 9.87. The molecule has 3 heterocycles. The van der Waals surface area contributed by atoms with Crippen molar-refractivity contribution in [2.24, 2.45) is 11.8 Å². The van der Waals surface area contributed by atoms with Gasteiger partial charge in [0.05, 0.1) is 0 Å². The molecule has 9 heteroatoms. The fraction of sp³-hybridized carbons (Fsp3) is 0.478. The highest BCUT2D eigenvalue weighted by atomic mass is 35.5. The molecule has 1 aromatic carbocycles. The number of benzene rings is 1. The summed E-state index contributed by atoms with van der Waals surface area (Å²) in [6.45, 7) is 3.95. The summed E-state index contributed by atoms with van der Waals surface area (Å²) in [6.07, 6.45) is 6.85. The van der Waals surface area contributed by atoms with E-state index in [4.69, 9.17) is 34.3 Å². The minimum atomic E-state index is 0.0802. The number of anilines is 1. The zero-order chi connectivity index (χ0) is 22.7. The SMILES string of the molecule is N=C(c1cc(Cl)cc(Cl)c1)C1CCN(C(=O)C2CCN(Cc3cnc(N)nc3)CC2)CC1. The minimum absolute atomic E-state index is 0.0802. The standard InChI is InChI=1S/C23H28Cl2N6O/c24-19-9-18(10-20(25)11-19)21(26)16-3-7-31(8-4-16)22(32)17-1-5-30(6-2-17)14-15-12-28-23(27)29-13-15/h9-13,16-17,26H,1-8,14H2,(H2,27,28,29). The molecule has 1 aromatic heterocycles. The monoisotopic (exact) mass is 474 g/mol. The molecule has 2 saturated heterocycles. The summed E-state index contributed by atoms with van der Waals surface area (Å²) in [7, 11) is 0. The number of rotatable bonds is 5. The Hall–Kier alpha value is -2.22. The number of hydrogen-bond acceptors (Lipinski definition) is 6. The summed E-state index contributed by atoms with van der Waals surface area (Å²) < 4.78 is 0. The van der Waals surface area contributed by atoms with Crippen molar-refractivity contribution in [3.63, 3.8) is 0 Å². The van der Waals surface area contributed by atoms with E-state index in [2.05, 4.69) is 14.9 Å². The fourth-order valence-corrected chi connectivity index (χ4v) is 5.16. The molecule has 0 spiro atoms. The number of carbonyl (C=O) groups excluding carboxylic acids is 1. The van der Waals surface area contributed by atoms with Gasteiger partial charge in [-0.3, -0.25) is 9.69 Å². The molecular formula is C23H28Cl2N6O. The van der Waals surface area contributed by atoms with E-state index in [1.54, 1.807) is 30.6 Å². The fourth-order valence-electron chi connectivity index (χ4n) is 4.63. The van der Waals surface area contributed by atoms with Gasteiger partial charge in [0, 0.05) is 65.2 Å². The van der Waals surface area contributed by atoms with Gasteiger partial charge >= 0.3 is 0 Å². The predicted molar refractivity (Wildman–Crippen MR) is 127 cm³/mol. The molecule has 3 N–H and O–H groups in total. The van der Waals surface area contributed by atoms with Crippen LogP contribution < -0.4 is 5.73 Å². The Bertz CT molecular complexity index is 947. The van der Waals surface area contributed by atoms with Crippen LogP contribution in [0.2, 0.25) is 10.0 Å². The Morgan fingerprint density at radius 2 is 1.53 bits per heavy atom. The number of nitrogens with one attached hydrogen (secondary N) is 1. The maximum absolute atomic E-state index is 13.1. The molecule has 4 rings (SSSR count). The highest BCUT2D eigenvalue weighted by Crippen LogP contribution is 2.28. The number of aromatic nitrogens is 2. The first-order valence-electron chi connectivity index (χ1n) is 11.0. The second-order valence-electron chi connectivity index (χ2n) is 8.67. The largest absolute Gasteiger partial charge is 0.368 e. The van der Waals surface area contributed by atoms with Gasteiger partial charge in [-0.15, -0.1) is 0 Å². The summed E-state index contributed by atoms with van der Waals surface area (Å²) in [5.41, 5.74) is 7.91. The number of piperidine rings is 2. The molecule has 7 nitrogen and oxygen atoms in total. The number of nitrogens with zero attached hydrogens (tertiary/aromatic N) is 4. The van der Waals surface area contributed by atoms with Crippen LogP contribution in [0.25, 0.3) is 0 Å². The molecule has 0 aliphatic carbocycles. The molecule has 2 aliphatic rings. The van der Waals surface area contributed by atoms with Gasteiger partial charge in [-0.25, -0.2) is 9.97 Å². The zero-order valence-electron chi connectivity index (χ0n) is 17.9. The normalized spacial score (nSPS) is 18.6. The van der Waals surface area contributed by atoms with Crippen molar-refractivity contribution in [3.05, 3.63) is 51.8 Å². The van der Waals surface area contributed by atoms with Crippen LogP contribution in [0.3, 0.4) is 0 Å². The number of halogens is 2. The van der Waals surface area contributed by atoms with Gasteiger partial charge in [-0.05, 0) is 62.5 Å². The van der Waals surface area contributed by atoms with Crippen molar-refractivity contribution < 1.29 is 4.79 Å². The van der Waals surface area contributed by atoms with E-state index in [0.29, 0.717) is 28.8 Å². The van der Waals surface area contributed by atoms with Gasteiger partial charge in [0.25, 0.3) is 0 Å². The smallest absolute Gasteiger partial charge is 0.225 e. The Labute approximate surface area is 198 Å². The number of nitrogen functional groups attached to an aromatic ring is 1. The molecule has 0 radical (unpaired) electrons. The third-order valence-corrected chi connectivity index (χ3v) is 6.89. The van der Waals surface area contributed by atoms with Crippen molar-refractivity contribution >= 4 is 40.8 Å². The van der Waals surface area contributed by atoms with E-state index in [1.165, 1.54) is 0 Å². The summed E-state index contributed by atoms with van der Waals surface area (Å²) in [6, 6.07) is 5.26. The van der Waals surface area contributed by atoms with Crippen molar-refractivity contribution in [2.45, 2.75) is 32.2 Å². The Morgan fingerprint density at radius 3 is 2.12 bits per heavy atom. The summed E-state index contributed by atoms with van der Waals surface area (Å²) >= 11 is 12.2. The topological polar surface area (TPSA) is 99.2 Å². The van der Waals surface area contributed by atoms with Gasteiger partial charge in [-0.2, -0.15) is 0 Å². The molecule has 0 unspecified atom stereocenters. The summed E-state index contributed by atoms with van der Waals surface area (Å²) in [5.74, 6) is 0.749. The summed E-state index contributed by atoms with van der Waals surface area (Å²) in [5, 5.41) is 9.65.